The molecular formula is C15H23N3O2. The number of carbonyl (C=O) groups is 1. The number of nitrogens with zero attached hydrogens (tertiary/aromatic N) is 2. The minimum Gasteiger partial charge on any atom is -0.495 e. The molecule has 1 atom stereocenters. The molecule has 1 fully saturated rings. The monoisotopic (exact) mass is 277 g/mol. The van der Waals surface area contributed by atoms with Gasteiger partial charge in [0.1, 0.15) is 5.75 Å². The predicted molar refractivity (Wildman–Crippen MR) is 80.0 cm³/mol. The fourth-order valence-electron chi connectivity index (χ4n) is 2.67. The second-order valence-corrected chi connectivity index (χ2v) is 5.42. The number of anilines is 1. The van der Waals surface area contributed by atoms with Crippen molar-refractivity contribution in [3.8, 4) is 5.75 Å². The fourth-order valence-corrected chi connectivity index (χ4v) is 2.67. The number of rotatable bonds is 4. The van der Waals surface area contributed by atoms with E-state index in [9.17, 15) is 4.79 Å². The van der Waals surface area contributed by atoms with E-state index in [1.165, 1.54) is 6.42 Å². The molecule has 1 saturated heterocycles. The molecule has 1 aliphatic rings. The predicted octanol–water partition coefficient (Wildman–Crippen LogP) is 1.44. The van der Waals surface area contributed by atoms with Gasteiger partial charge < -0.3 is 20.3 Å². The zero-order valence-electron chi connectivity index (χ0n) is 12.4. The highest BCUT2D eigenvalue weighted by Gasteiger charge is 2.24. The van der Waals surface area contributed by atoms with Crippen LogP contribution in [0.3, 0.4) is 0 Å². The Kier molecular flexibility index (Phi) is 4.49. The summed E-state index contributed by atoms with van der Waals surface area (Å²) in [5.41, 5.74) is 6.92. The van der Waals surface area contributed by atoms with Gasteiger partial charge in [0, 0.05) is 25.2 Å². The van der Waals surface area contributed by atoms with E-state index in [1.807, 2.05) is 7.05 Å². The fraction of sp³-hybridized carbons (Fsp3) is 0.533. The summed E-state index contributed by atoms with van der Waals surface area (Å²) in [4.78, 5) is 16.5. The Morgan fingerprint density at radius 2 is 2.30 bits per heavy atom. The second-order valence-electron chi connectivity index (χ2n) is 5.42. The van der Waals surface area contributed by atoms with Crippen LogP contribution in [0.2, 0.25) is 0 Å². The lowest BCUT2D eigenvalue weighted by Gasteiger charge is -2.26. The molecule has 1 aliphatic heterocycles. The molecule has 0 radical (unpaired) electrons. The molecule has 1 amide bonds. The zero-order chi connectivity index (χ0) is 14.7. The van der Waals surface area contributed by atoms with Crippen molar-refractivity contribution in [3.63, 3.8) is 0 Å². The topological polar surface area (TPSA) is 58.8 Å². The number of benzene rings is 1. The summed E-state index contributed by atoms with van der Waals surface area (Å²) in [6.45, 7) is 1.87. The first-order chi connectivity index (χ1) is 9.52. The summed E-state index contributed by atoms with van der Waals surface area (Å²) >= 11 is 0. The molecule has 1 unspecified atom stereocenters. The van der Waals surface area contributed by atoms with Gasteiger partial charge in [0.25, 0.3) is 5.91 Å². The number of nitrogens with two attached hydrogens (primary N) is 1. The molecule has 5 heteroatoms. The van der Waals surface area contributed by atoms with E-state index in [4.69, 9.17) is 10.5 Å². The minimum absolute atomic E-state index is 0.00333. The number of amides is 1. The van der Waals surface area contributed by atoms with Crippen molar-refractivity contribution in [3.05, 3.63) is 23.8 Å². The van der Waals surface area contributed by atoms with Crippen LogP contribution in [0, 0.1) is 0 Å². The molecular weight excluding hydrogens is 254 g/mol. The summed E-state index contributed by atoms with van der Waals surface area (Å²) < 4.78 is 5.16. The van der Waals surface area contributed by atoms with E-state index in [2.05, 4.69) is 11.9 Å². The summed E-state index contributed by atoms with van der Waals surface area (Å²) in [5.74, 6) is 0.547. The number of nitrogen functional groups attached to an aromatic ring is 1. The second kappa shape index (κ2) is 6.13. The number of likely N-dealkylation sites (N-methyl/N-ethyl adjacent to an activating group) is 2. The van der Waals surface area contributed by atoms with Crippen LogP contribution in [0.4, 0.5) is 5.69 Å². The van der Waals surface area contributed by atoms with Gasteiger partial charge in [-0.25, -0.2) is 0 Å². The van der Waals surface area contributed by atoms with Crippen molar-refractivity contribution in [2.45, 2.75) is 18.9 Å². The third-order valence-electron chi connectivity index (χ3n) is 3.98. The standard InChI is InChI=1S/C15H23N3O2/c1-17-8-4-5-12(17)10-18(2)15(19)11-6-7-13(16)14(9-11)20-3/h6-7,9,12H,4-5,8,10,16H2,1-3H3. The Hall–Kier alpha value is -1.75. The number of methoxy groups -OCH3 is 1. The average Bonchev–Trinajstić information content (AvgIpc) is 2.84. The maximum atomic E-state index is 12.4. The lowest BCUT2D eigenvalue weighted by molar-refractivity contribution is 0.0761. The van der Waals surface area contributed by atoms with E-state index >= 15 is 0 Å². The van der Waals surface area contributed by atoms with Crippen molar-refractivity contribution in [1.29, 1.82) is 0 Å². The molecule has 0 bridgehead atoms. The molecule has 20 heavy (non-hydrogen) atoms. The van der Waals surface area contributed by atoms with E-state index in [0.29, 0.717) is 23.0 Å². The van der Waals surface area contributed by atoms with Gasteiger partial charge in [-0.2, -0.15) is 0 Å². The largest absolute Gasteiger partial charge is 0.495 e. The molecule has 5 nitrogen and oxygen atoms in total. The van der Waals surface area contributed by atoms with Crippen LogP contribution in [0.5, 0.6) is 5.75 Å². The van der Waals surface area contributed by atoms with Gasteiger partial charge in [0.15, 0.2) is 0 Å². The van der Waals surface area contributed by atoms with Crippen LogP contribution in [-0.4, -0.2) is 56.0 Å². The van der Waals surface area contributed by atoms with Crippen LogP contribution in [0.15, 0.2) is 18.2 Å². The number of likely N-dealkylation sites (tertiary alicyclic amines) is 1. The van der Waals surface area contributed by atoms with E-state index < -0.39 is 0 Å². The summed E-state index contributed by atoms with van der Waals surface area (Å²) in [5, 5.41) is 0. The zero-order valence-corrected chi connectivity index (χ0v) is 12.4. The average molecular weight is 277 g/mol. The van der Waals surface area contributed by atoms with Gasteiger partial charge in [-0.15, -0.1) is 0 Å². The molecule has 1 aromatic carbocycles. The van der Waals surface area contributed by atoms with Gasteiger partial charge in [0.05, 0.1) is 12.8 Å². The molecule has 0 saturated carbocycles. The Morgan fingerprint density at radius 1 is 1.55 bits per heavy atom. The number of ether oxygens (including phenoxy) is 1. The molecule has 0 aromatic heterocycles. The van der Waals surface area contributed by atoms with Crippen LogP contribution in [0.1, 0.15) is 23.2 Å². The van der Waals surface area contributed by atoms with Gasteiger partial charge in [0.2, 0.25) is 0 Å². The Balaban J connectivity index is 2.06. The molecule has 0 aliphatic carbocycles. The van der Waals surface area contributed by atoms with Gasteiger partial charge in [-0.1, -0.05) is 0 Å². The number of hydrogen-bond donors (Lipinski definition) is 1. The highest BCUT2D eigenvalue weighted by atomic mass is 16.5. The normalized spacial score (nSPS) is 19.1. The van der Waals surface area contributed by atoms with Gasteiger partial charge in [-0.3, -0.25) is 4.79 Å². The summed E-state index contributed by atoms with van der Waals surface area (Å²) in [7, 11) is 5.51. The molecule has 0 spiro atoms. The summed E-state index contributed by atoms with van der Waals surface area (Å²) in [6, 6.07) is 5.61. The third-order valence-corrected chi connectivity index (χ3v) is 3.98. The molecule has 1 aromatic rings. The lowest BCUT2D eigenvalue weighted by atomic mass is 10.1. The van der Waals surface area contributed by atoms with Crippen molar-refractivity contribution in [2.75, 3.05) is 40.0 Å². The smallest absolute Gasteiger partial charge is 0.253 e. The Bertz CT molecular complexity index is 490. The maximum absolute atomic E-state index is 12.4. The van der Waals surface area contributed by atoms with Crippen molar-refractivity contribution < 1.29 is 9.53 Å². The first kappa shape index (κ1) is 14.7. The molecule has 2 N–H and O–H groups in total. The van der Waals surface area contributed by atoms with Gasteiger partial charge in [-0.05, 0) is 44.6 Å². The molecule has 1 heterocycles. The number of hydrogen-bond acceptors (Lipinski definition) is 4. The van der Waals surface area contributed by atoms with Crippen molar-refractivity contribution >= 4 is 11.6 Å². The van der Waals surface area contributed by atoms with Crippen molar-refractivity contribution in [2.24, 2.45) is 0 Å². The van der Waals surface area contributed by atoms with E-state index in [-0.39, 0.29) is 5.91 Å². The van der Waals surface area contributed by atoms with E-state index in [1.54, 1.807) is 30.2 Å². The van der Waals surface area contributed by atoms with Crippen LogP contribution in [0.25, 0.3) is 0 Å². The SMILES string of the molecule is COc1cc(C(=O)N(C)CC2CCCN2C)ccc1N. The van der Waals surface area contributed by atoms with Crippen LogP contribution in [-0.2, 0) is 0 Å². The molecule has 110 valence electrons. The summed E-state index contributed by atoms with van der Waals surface area (Å²) in [6.07, 6.45) is 2.36. The lowest BCUT2D eigenvalue weighted by Crippen LogP contribution is -2.39. The van der Waals surface area contributed by atoms with Crippen LogP contribution >= 0.6 is 0 Å². The minimum atomic E-state index is 0.00333. The van der Waals surface area contributed by atoms with Crippen molar-refractivity contribution in [1.82, 2.24) is 9.80 Å². The first-order valence-electron chi connectivity index (χ1n) is 6.92. The number of carbonyl (C=O) groups excluding carboxylic acids is 1. The molecule has 2 rings (SSSR count). The quantitative estimate of drug-likeness (QED) is 0.846. The van der Waals surface area contributed by atoms with Crippen LogP contribution < -0.4 is 10.5 Å². The maximum Gasteiger partial charge on any atom is 0.253 e. The first-order valence-corrected chi connectivity index (χ1v) is 6.92. The highest BCUT2D eigenvalue weighted by Crippen LogP contribution is 2.23. The Morgan fingerprint density at radius 3 is 2.90 bits per heavy atom. The van der Waals surface area contributed by atoms with Gasteiger partial charge >= 0.3 is 0 Å². The third kappa shape index (κ3) is 3.04. The Labute approximate surface area is 120 Å². The highest BCUT2D eigenvalue weighted by molar-refractivity contribution is 5.95. The van der Waals surface area contributed by atoms with E-state index in [0.717, 1.165) is 19.5 Å².